The van der Waals surface area contributed by atoms with Gasteiger partial charge in [-0.05, 0) is 49.4 Å². The molecule has 0 bridgehead atoms. The Balaban J connectivity index is 1.70. The van der Waals surface area contributed by atoms with Crippen LogP contribution in [0.4, 0.5) is 10.1 Å². The highest BCUT2D eigenvalue weighted by molar-refractivity contribution is 8.00. The Morgan fingerprint density at radius 3 is 2.56 bits per heavy atom. The summed E-state index contributed by atoms with van der Waals surface area (Å²) >= 11 is 12.9. The Labute approximate surface area is 169 Å². The summed E-state index contributed by atoms with van der Waals surface area (Å²) in [4.78, 5) is 12.4. The molecular weight excluding hydrogens is 410 g/mol. The fourth-order valence-corrected chi connectivity index (χ4v) is 3.42. The summed E-state index contributed by atoms with van der Waals surface area (Å²) in [6.45, 7) is 1.75. The third-order valence-corrected chi connectivity index (χ3v) is 5.45. The lowest BCUT2D eigenvalue weighted by molar-refractivity contribution is -0.115. The summed E-state index contributed by atoms with van der Waals surface area (Å²) in [5, 5.41) is 11.8. The molecule has 0 fully saturated rings. The van der Waals surface area contributed by atoms with E-state index in [0.29, 0.717) is 21.7 Å². The molecule has 1 aromatic heterocycles. The first kappa shape index (κ1) is 19.7. The van der Waals surface area contributed by atoms with Crippen molar-refractivity contribution < 1.29 is 9.18 Å². The summed E-state index contributed by atoms with van der Waals surface area (Å²) in [5.41, 5.74) is 1.30. The zero-order valence-electron chi connectivity index (χ0n) is 14.4. The van der Waals surface area contributed by atoms with Crippen LogP contribution in [-0.2, 0) is 11.8 Å². The number of thioether (sulfide) groups is 1. The number of benzene rings is 2. The lowest BCUT2D eigenvalue weighted by atomic mass is 10.2. The molecule has 0 spiro atoms. The molecule has 0 aliphatic rings. The molecule has 1 heterocycles. The van der Waals surface area contributed by atoms with Gasteiger partial charge < -0.3 is 9.88 Å². The Hall–Kier alpha value is -2.09. The number of nitrogens with one attached hydrogen (secondary N) is 1. The van der Waals surface area contributed by atoms with Gasteiger partial charge in [0.1, 0.15) is 5.82 Å². The van der Waals surface area contributed by atoms with Gasteiger partial charge in [-0.25, -0.2) is 4.39 Å². The van der Waals surface area contributed by atoms with Gasteiger partial charge in [0.25, 0.3) is 0 Å². The molecule has 5 nitrogen and oxygen atoms in total. The number of carbonyl (C=O) groups is 1. The number of hydrogen-bond acceptors (Lipinski definition) is 4. The summed E-state index contributed by atoms with van der Waals surface area (Å²) in [5.74, 6) is -0.114. The van der Waals surface area contributed by atoms with Crippen LogP contribution in [0.1, 0.15) is 6.92 Å². The number of rotatable bonds is 5. The van der Waals surface area contributed by atoms with E-state index in [1.165, 1.54) is 30.0 Å². The van der Waals surface area contributed by atoms with Crippen molar-refractivity contribution in [2.24, 2.45) is 7.05 Å². The molecule has 2 aromatic carbocycles. The highest BCUT2D eigenvalue weighted by Gasteiger charge is 2.20. The topological polar surface area (TPSA) is 59.8 Å². The number of hydrogen-bond donors (Lipinski definition) is 1. The van der Waals surface area contributed by atoms with Gasteiger partial charge in [0.15, 0.2) is 11.0 Å². The van der Waals surface area contributed by atoms with E-state index in [2.05, 4.69) is 15.5 Å². The quantitative estimate of drug-likeness (QED) is 0.582. The van der Waals surface area contributed by atoms with Crippen LogP contribution in [0.15, 0.2) is 47.6 Å². The summed E-state index contributed by atoms with van der Waals surface area (Å²) in [7, 11) is 1.83. The fourth-order valence-electron chi connectivity index (χ4n) is 2.30. The first-order chi connectivity index (χ1) is 12.8. The highest BCUT2D eigenvalue weighted by atomic mass is 35.5. The van der Waals surface area contributed by atoms with Gasteiger partial charge in [-0.15, -0.1) is 10.2 Å². The van der Waals surface area contributed by atoms with E-state index in [-0.39, 0.29) is 10.9 Å². The lowest BCUT2D eigenvalue weighted by Crippen LogP contribution is -2.22. The van der Waals surface area contributed by atoms with E-state index in [0.717, 1.165) is 5.56 Å². The molecule has 0 saturated heterocycles. The van der Waals surface area contributed by atoms with E-state index in [9.17, 15) is 9.18 Å². The van der Waals surface area contributed by atoms with Gasteiger partial charge in [0.2, 0.25) is 5.91 Å². The fraction of sp³-hybridized carbons (Fsp3) is 0.167. The van der Waals surface area contributed by atoms with E-state index >= 15 is 0 Å². The average Bonchev–Trinajstić information content (AvgIpc) is 2.99. The van der Waals surface area contributed by atoms with Gasteiger partial charge in [0.05, 0.1) is 10.3 Å². The molecule has 1 unspecified atom stereocenters. The second-order valence-electron chi connectivity index (χ2n) is 5.75. The lowest BCUT2D eigenvalue weighted by Gasteiger charge is -2.12. The molecular formula is C18H15Cl2FN4OS. The Kier molecular flexibility index (Phi) is 6.04. The van der Waals surface area contributed by atoms with Crippen LogP contribution in [-0.4, -0.2) is 25.9 Å². The van der Waals surface area contributed by atoms with Crippen molar-refractivity contribution in [3.05, 3.63) is 58.3 Å². The standard InChI is InChI=1S/C18H15Cl2FN4OS/c1-10(17(26)22-13-7-8-15(21)14(20)9-13)27-18-24-23-16(25(18)2)11-3-5-12(19)6-4-11/h3-10H,1-2H3,(H,22,26). The van der Waals surface area contributed by atoms with E-state index in [1.54, 1.807) is 19.1 Å². The molecule has 0 aliphatic heterocycles. The maximum atomic E-state index is 13.2. The minimum absolute atomic E-state index is 0.0472. The van der Waals surface area contributed by atoms with Gasteiger partial charge in [0, 0.05) is 23.3 Å². The van der Waals surface area contributed by atoms with Gasteiger partial charge >= 0.3 is 0 Å². The molecule has 140 valence electrons. The summed E-state index contributed by atoms with van der Waals surface area (Å²) in [6.07, 6.45) is 0. The predicted molar refractivity (Wildman–Crippen MR) is 107 cm³/mol. The Bertz CT molecular complexity index is 978. The van der Waals surface area contributed by atoms with Crippen molar-refractivity contribution >= 4 is 46.6 Å². The van der Waals surface area contributed by atoms with E-state index in [4.69, 9.17) is 23.2 Å². The number of nitrogens with zero attached hydrogens (tertiary/aromatic N) is 3. The van der Waals surface area contributed by atoms with Crippen molar-refractivity contribution in [3.8, 4) is 11.4 Å². The van der Waals surface area contributed by atoms with Crippen LogP contribution in [0.3, 0.4) is 0 Å². The smallest absolute Gasteiger partial charge is 0.237 e. The van der Waals surface area contributed by atoms with E-state index in [1.807, 2.05) is 23.7 Å². The molecule has 1 atom stereocenters. The number of carbonyl (C=O) groups excluding carboxylic acids is 1. The van der Waals surface area contributed by atoms with Crippen LogP contribution >= 0.6 is 35.0 Å². The second kappa shape index (κ2) is 8.29. The minimum Gasteiger partial charge on any atom is -0.325 e. The summed E-state index contributed by atoms with van der Waals surface area (Å²) < 4.78 is 15.0. The van der Waals surface area contributed by atoms with Gasteiger partial charge in [-0.2, -0.15) is 0 Å². The van der Waals surface area contributed by atoms with Crippen molar-refractivity contribution in [2.45, 2.75) is 17.3 Å². The molecule has 1 amide bonds. The Morgan fingerprint density at radius 2 is 1.89 bits per heavy atom. The zero-order valence-corrected chi connectivity index (χ0v) is 16.7. The predicted octanol–water partition coefficient (Wildman–Crippen LogP) is 5.05. The molecule has 0 radical (unpaired) electrons. The van der Waals surface area contributed by atoms with Crippen molar-refractivity contribution in [2.75, 3.05) is 5.32 Å². The van der Waals surface area contributed by atoms with Crippen LogP contribution in [0, 0.1) is 5.82 Å². The molecule has 0 saturated carbocycles. The first-order valence-electron chi connectivity index (χ1n) is 7.93. The largest absolute Gasteiger partial charge is 0.325 e. The van der Waals surface area contributed by atoms with Crippen LogP contribution in [0.2, 0.25) is 10.0 Å². The normalized spacial score (nSPS) is 12.0. The molecule has 0 aliphatic carbocycles. The van der Waals surface area contributed by atoms with Gasteiger partial charge in [-0.1, -0.05) is 35.0 Å². The molecule has 3 rings (SSSR count). The number of halogens is 3. The molecule has 27 heavy (non-hydrogen) atoms. The second-order valence-corrected chi connectivity index (χ2v) is 7.90. The third kappa shape index (κ3) is 4.61. The SMILES string of the molecule is CC(Sc1nnc(-c2ccc(Cl)cc2)n1C)C(=O)Nc1ccc(F)c(Cl)c1. The maximum Gasteiger partial charge on any atom is 0.237 e. The molecule has 1 N–H and O–H groups in total. The third-order valence-electron chi connectivity index (χ3n) is 3.78. The van der Waals surface area contributed by atoms with Crippen molar-refractivity contribution in [1.82, 2.24) is 14.8 Å². The number of amides is 1. The van der Waals surface area contributed by atoms with Crippen molar-refractivity contribution in [1.29, 1.82) is 0 Å². The van der Waals surface area contributed by atoms with E-state index < -0.39 is 11.1 Å². The zero-order chi connectivity index (χ0) is 19.6. The monoisotopic (exact) mass is 424 g/mol. The van der Waals surface area contributed by atoms with Crippen LogP contribution < -0.4 is 5.32 Å². The highest BCUT2D eigenvalue weighted by Crippen LogP contribution is 2.27. The molecule has 3 aromatic rings. The van der Waals surface area contributed by atoms with Crippen molar-refractivity contribution in [3.63, 3.8) is 0 Å². The number of anilines is 1. The molecule has 9 heteroatoms. The minimum atomic E-state index is -0.536. The van der Waals surface area contributed by atoms with Crippen LogP contribution in [0.5, 0.6) is 0 Å². The average molecular weight is 425 g/mol. The maximum absolute atomic E-state index is 13.2. The van der Waals surface area contributed by atoms with Crippen LogP contribution in [0.25, 0.3) is 11.4 Å². The first-order valence-corrected chi connectivity index (χ1v) is 9.56. The van der Waals surface area contributed by atoms with Gasteiger partial charge in [-0.3, -0.25) is 4.79 Å². The summed E-state index contributed by atoms with van der Waals surface area (Å²) in [6, 6.07) is 11.3. The Morgan fingerprint density at radius 1 is 1.19 bits per heavy atom. The number of aromatic nitrogens is 3.